The van der Waals surface area contributed by atoms with Crippen molar-refractivity contribution in [2.24, 2.45) is 0 Å². The number of rotatable bonds is 6. The minimum absolute atomic E-state index is 0.171. The van der Waals surface area contributed by atoms with Crippen LogP contribution in [-0.4, -0.2) is 5.78 Å². The molecule has 0 radical (unpaired) electrons. The van der Waals surface area contributed by atoms with Gasteiger partial charge in [0.25, 0.3) is 0 Å². The standard InChI is InChI=1S/C14H16BrF3O/c1-2-3-4-5-6-13(19)11-8-7-10(15)9-12(11)14(16,17)18/h7-9H,2-6H2,1H3. The van der Waals surface area contributed by atoms with Crippen molar-refractivity contribution >= 4 is 21.7 Å². The van der Waals surface area contributed by atoms with Gasteiger partial charge in [0.05, 0.1) is 5.56 Å². The van der Waals surface area contributed by atoms with Crippen molar-refractivity contribution in [2.75, 3.05) is 0 Å². The lowest BCUT2D eigenvalue weighted by Crippen LogP contribution is -2.13. The lowest BCUT2D eigenvalue weighted by Gasteiger charge is -2.12. The van der Waals surface area contributed by atoms with E-state index < -0.39 is 17.5 Å². The number of unbranched alkanes of at least 4 members (excludes halogenated alkanes) is 3. The molecule has 106 valence electrons. The number of carbonyl (C=O) groups is 1. The van der Waals surface area contributed by atoms with Crippen molar-refractivity contribution < 1.29 is 18.0 Å². The molecule has 0 saturated heterocycles. The van der Waals surface area contributed by atoms with Crippen LogP contribution < -0.4 is 0 Å². The number of ketones is 1. The van der Waals surface area contributed by atoms with Crippen LogP contribution in [0.2, 0.25) is 0 Å². The van der Waals surface area contributed by atoms with E-state index >= 15 is 0 Å². The van der Waals surface area contributed by atoms with Gasteiger partial charge in [-0.2, -0.15) is 13.2 Å². The first-order valence-electron chi connectivity index (χ1n) is 6.26. The van der Waals surface area contributed by atoms with Crippen molar-refractivity contribution in [1.82, 2.24) is 0 Å². The molecule has 0 aliphatic heterocycles. The molecule has 0 aliphatic rings. The summed E-state index contributed by atoms with van der Waals surface area (Å²) in [6, 6.07) is 3.67. The summed E-state index contributed by atoms with van der Waals surface area (Å²) in [4.78, 5) is 11.9. The van der Waals surface area contributed by atoms with Crippen LogP contribution in [0.15, 0.2) is 22.7 Å². The predicted octanol–water partition coefficient (Wildman–Crippen LogP) is 5.62. The SMILES string of the molecule is CCCCCCC(=O)c1ccc(Br)cc1C(F)(F)F. The topological polar surface area (TPSA) is 17.1 Å². The van der Waals surface area contributed by atoms with Crippen molar-refractivity contribution in [2.45, 2.75) is 45.2 Å². The molecule has 0 fully saturated rings. The van der Waals surface area contributed by atoms with E-state index in [1.54, 1.807) is 0 Å². The molecule has 0 unspecified atom stereocenters. The van der Waals surface area contributed by atoms with Crippen LogP contribution in [0, 0.1) is 0 Å². The molecule has 0 spiro atoms. The normalized spacial score (nSPS) is 11.6. The quantitative estimate of drug-likeness (QED) is 0.486. The van der Waals surface area contributed by atoms with Gasteiger partial charge in [-0.05, 0) is 24.6 Å². The second-order valence-electron chi connectivity index (χ2n) is 4.42. The second kappa shape index (κ2) is 7.08. The van der Waals surface area contributed by atoms with Gasteiger partial charge in [-0.25, -0.2) is 0 Å². The van der Waals surface area contributed by atoms with Gasteiger partial charge in [0.1, 0.15) is 0 Å². The van der Waals surface area contributed by atoms with Crippen LogP contribution in [0.25, 0.3) is 0 Å². The summed E-state index contributed by atoms with van der Waals surface area (Å²) in [5.41, 5.74) is -1.09. The molecule has 19 heavy (non-hydrogen) atoms. The maximum absolute atomic E-state index is 12.9. The van der Waals surface area contributed by atoms with Gasteiger partial charge in [0.15, 0.2) is 5.78 Å². The predicted molar refractivity (Wildman–Crippen MR) is 72.2 cm³/mol. The Kier molecular flexibility index (Phi) is 6.04. The van der Waals surface area contributed by atoms with Gasteiger partial charge in [0.2, 0.25) is 0 Å². The first kappa shape index (κ1) is 16.2. The summed E-state index contributed by atoms with van der Waals surface area (Å²) in [5, 5.41) is 0. The van der Waals surface area contributed by atoms with E-state index in [1.165, 1.54) is 12.1 Å². The fraction of sp³-hybridized carbons (Fsp3) is 0.500. The number of Topliss-reactive ketones (excluding diaryl/α,β-unsaturated/α-hetero) is 1. The third-order valence-electron chi connectivity index (χ3n) is 2.84. The summed E-state index contributed by atoms with van der Waals surface area (Å²) < 4.78 is 38.9. The minimum atomic E-state index is -4.50. The fourth-order valence-corrected chi connectivity index (χ4v) is 2.20. The molecule has 1 rings (SSSR count). The third kappa shape index (κ3) is 4.97. The van der Waals surface area contributed by atoms with Gasteiger partial charge in [-0.3, -0.25) is 4.79 Å². The van der Waals surface area contributed by atoms with Crippen LogP contribution >= 0.6 is 15.9 Å². The Labute approximate surface area is 119 Å². The molecule has 0 saturated carbocycles. The third-order valence-corrected chi connectivity index (χ3v) is 3.34. The Morgan fingerprint density at radius 1 is 1.21 bits per heavy atom. The van der Waals surface area contributed by atoms with E-state index in [0.717, 1.165) is 25.3 Å². The Bertz CT molecular complexity index is 441. The van der Waals surface area contributed by atoms with Crippen LogP contribution in [0.3, 0.4) is 0 Å². The van der Waals surface area contributed by atoms with E-state index in [4.69, 9.17) is 0 Å². The zero-order valence-electron chi connectivity index (χ0n) is 10.7. The number of hydrogen-bond donors (Lipinski definition) is 0. The fourth-order valence-electron chi connectivity index (χ4n) is 1.84. The highest BCUT2D eigenvalue weighted by Crippen LogP contribution is 2.34. The average Bonchev–Trinajstić information content (AvgIpc) is 2.33. The molecular formula is C14H16BrF3O. The Balaban J connectivity index is 2.85. The van der Waals surface area contributed by atoms with E-state index in [9.17, 15) is 18.0 Å². The molecule has 0 heterocycles. The van der Waals surface area contributed by atoms with E-state index in [0.29, 0.717) is 10.9 Å². The number of halogens is 4. The lowest BCUT2D eigenvalue weighted by atomic mass is 9.99. The van der Waals surface area contributed by atoms with Crippen LogP contribution in [-0.2, 0) is 6.18 Å². The van der Waals surface area contributed by atoms with Crippen LogP contribution in [0.4, 0.5) is 13.2 Å². The van der Waals surface area contributed by atoms with Crippen molar-refractivity contribution in [3.05, 3.63) is 33.8 Å². The molecule has 1 nitrogen and oxygen atoms in total. The maximum Gasteiger partial charge on any atom is 0.417 e. The largest absolute Gasteiger partial charge is 0.417 e. The number of carbonyl (C=O) groups excluding carboxylic acids is 1. The first-order valence-corrected chi connectivity index (χ1v) is 7.05. The highest BCUT2D eigenvalue weighted by Gasteiger charge is 2.35. The highest BCUT2D eigenvalue weighted by molar-refractivity contribution is 9.10. The minimum Gasteiger partial charge on any atom is -0.294 e. The first-order chi connectivity index (χ1) is 8.86. The summed E-state index contributed by atoms with van der Waals surface area (Å²) >= 11 is 3.00. The van der Waals surface area contributed by atoms with Crippen LogP contribution in [0.1, 0.15) is 54.9 Å². The molecule has 1 aromatic rings. The second-order valence-corrected chi connectivity index (χ2v) is 5.34. The van der Waals surface area contributed by atoms with Crippen LogP contribution in [0.5, 0.6) is 0 Å². The van der Waals surface area contributed by atoms with Gasteiger partial charge < -0.3 is 0 Å². The van der Waals surface area contributed by atoms with E-state index in [2.05, 4.69) is 15.9 Å². The molecule has 0 N–H and O–H groups in total. The summed E-state index contributed by atoms with van der Waals surface area (Å²) in [6.45, 7) is 2.04. The summed E-state index contributed by atoms with van der Waals surface area (Å²) in [5.74, 6) is -0.434. The summed E-state index contributed by atoms with van der Waals surface area (Å²) in [7, 11) is 0. The highest BCUT2D eigenvalue weighted by atomic mass is 79.9. The van der Waals surface area contributed by atoms with E-state index in [1.807, 2.05) is 6.92 Å². The maximum atomic E-state index is 12.9. The van der Waals surface area contributed by atoms with Crippen molar-refractivity contribution in [1.29, 1.82) is 0 Å². The van der Waals surface area contributed by atoms with Gasteiger partial charge in [-0.15, -0.1) is 0 Å². The number of hydrogen-bond acceptors (Lipinski definition) is 1. The van der Waals surface area contributed by atoms with Gasteiger partial charge in [-0.1, -0.05) is 42.1 Å². The number of alkyl halides is 3. The Morgan fingerprint density at radius 3 is 2.47 bits per heavy atom. The average molecular weight is 337 g/mol. The van der Waals surface area contributed by atoms with Crippen molar-refractivity contribution in [3.63, 3.8) is 0 Å². The molecule has 0 bridgehead atoms. The van der Waals surface area contributed by atoms with Gasteiger partial charge in [0, 0.05) is 16.5 Å². The van der Waals surface area contributed by atoms with Gasteiger partial charge >= 0.3 is 6.18 Å². The molecule has 0 atom stereocenters. The van der Waals surface area contributed by atoms with E-state index in [-0.39, 0.29) is 12.0 Å². The lowest BCUT2D eigenvalue weighted by molar-refractivity contribution is -0.138. The zero-order valence-corrected chi connectivity index (χ0v) is 12.3. The smallest absolute Gasteiger partial charge is 0.294 e. The molecule has 0 amide bonds. The molecule has 0 aliphatic carbocycles. The number of benzene rings is 1. The Morgan fingerprint density at radius 2 is 1.89 bits per heavy atom. The monoisotopic (exact) mass is 336 g/mol. The Hall–Kier alpha value is -0.840. The molecule has 5 heteroatoms. The molecular weight excluding hydrogens is 321 g/mol. The molecule has 1 aromatic carbocycles. The zero-order chi connectivity index (χ0) is 14.5. The molecule has 0 aromatic heterocycles. The van der Waals surface area contributed by atoms with Crippen molar-refractivity contribution in [3.8, 4) is 0 Å². The summed E-state index contributed by atoms with van der Waals surface area (Å²) in [6.07, 6.45) is -0.789.